The molecule has 11 heteroatoms. The first-order chi connectivity index (χ1) is 21.7. The third kappa shape index (κ3) is 5.86. The van der Waals surface area contributed by atoms with Crippen molar-refractivity contribution in [3.05, 3.63) is 139 Å². The summed E-state index contributed by atoms with van der Waals surface area (Å²) in [4.78, 5) is 32.8. The Morgan fingerprint density at radius 1 is 1.00 bits per heavy atom. The fourth-order valence-electron chi connectivity index (χ4n) is 5.11. The van der Waals surface area contributed by atoms with Gasteiger partial charge in [0, 0.05) is 17.2 Å². The van der Waals surface area contributed by atoms with E-state index in [1.54, 1.807) is 50.4 Å². The zero-order valence-corrected chi connectivity index (χ0v) is 24.8. The molecule has 0 saturated heterocycles. The number of furan rings is 1. The minimum atomic E-state index is -4.50. The van der Waals surface area contributed by atoms with Crippen molar-refractivity contribution in [1.29, 1.82) is 0 Å². The Morgan fingerprint density at radius 3 is 2.42 bits per heavy atom. The van der Waals surface area contributed by atoms with E-state index in [0.29, 0.717) is 27.4 Å². The first-order valence-electron chi connectivity index (χ1n) is 13.9. The second kappa shape index (κ2) is 12.1. The summed E-state index contributed by atoms with van der Waals surface area (Å²) in [7, 11) is 1.54. The minimum Gasteiger partial charge on any atom is -0.497 e. The molecule has 0 radical (unpaired) electrons. The number of ether oxygens (including phenoxy) is 2. The smallest absolute Gasteiger partial charge is 0.416 e. The lowest BCUT2D eigenvalue weighted by Gasteiger charge is -2.26. The summed E-state index contributed by atoms with van der Waals surface area (Å²) in [6.07, 6.45) is -2.98. The van der Waals surface area contributed by atoms with Gasteiger partial charge >= 0.3 is 12.1 Å². The number of esters is 1. The van der Waals surface area contributed by atoms with Crippen molar-refractivity contribution in [2.24, 2.45) is 4.99 Å². The number of alkyl halides is 3. The Hall–Kier alpha value is -5.16. The van der Waals surface area contributed by atoms with Crippen LogP contribution in [0.3, 0.4) is 0 Å². The summed E-state index contributed by atoms with van der Waals surface area (Å²) in [5.41, 5.74) is 0.927. The van der Waals surface area contributed by atoms with Crippen molar-refractivity contribution in [2.45, 2.75) is 19.1 Å². The Morgan fingerprint density at radius 2 is 1.73 bits per heavy atom. The third-order valence-electron chi connectivity index (χ3n) is 7.18. The van der Waals surface area contributed by atoms with Crippen molar-refractivity contribution in [3.8, 4) is 17.1 Å². The maximum Gasteiger partial charge on any atom is 0.416 e. The number of hydrogen-bond acceptors (Lipinski definition) is 7. The van der Waals surface area contributed by atoms with E-state index in [2.05, 4.69) is 0 Å². The minimum absolute atomic E-state index is 0.122. The van der Waals surface area contributed by atoms with Gasteiger partial charge in [-0.1, -0.05) is 65.9 Å². The van der Waals surface area contributed by atoms with Gasteiger partial charge in [-0.2, -0.15) is 13.2 Å². The summed E-state index contributed by atoms with van der Waals surface area (Å²) in [5, 5.41) is 0. The molecule has 1 aliphatic rings. The molecule has 45 heavy (non-hydrogen) atoms. The van der Waals surface area contributed by atoms with Crippen molar-refractivity contribution in [1.82, 2.24) is 4.57 Å². The van der Waals surface area contributed by atoms with Crippen LogP contribution < -0.4 is 19.6 Å². The highest BCUT2D eigenvalue weighted by molar-refractivity contribution is 7.07. The number of nitrogens with zero attached hydrogens (tertiary/aromatic N) is 2. The fourth-order valence-corrected chi connectivity index (χ4v) is 6.09. The molecule has 1 aliphatic heterocycles. The van der Waals surface area contributed by atoms with Crippen LogP contribution in [0.4, 0.5) is 13.2 Å². The average molecular weight is 631 g/mol. The first-order valence-corrected chi connectivity index (χ1v) is 14.7. The number of fused-ring (bicyclic) bond motifs is 1. The normalized spacial score (nSPS) is 15.0. The molecule has 0 bridgehead atoms. The van der Waals surface area contributed by atoms with Gasteiger partial charge in [0.05, 0.1) is 41.1 Å². The predicted molar refractivity (Wildman–Crippen MR) is 163 cm³/mol. The van der Waals surface area contributed by atoms with Gasteiger partial charge in [0.2, 0.25) is 0 Å². The number of thiazole rings is 1. The van der Waals surface area contributed by atoms with E-state index >= 15 is 0 Å². The average Bonchev–Trinajstić information content (AvgIpc) is 3.64. The number of carbonyl (C=O) groups is 1. The third-order valence-corrected chi connectivity index (χ3v) is 8.16. The van der Waals surface area contributed by atoms with Crippen LogP contribution in [0, 0.1) is 0 Å². The van der Waals surface area contributed by atoms with Crippen LogP contribution in [0.5, 0.6) is 5.75 Å². The summed E-state index contributed by atoms with van der Waals surface area (Å²) >= 11 is 1.11. The van der Waals surface area contributed by atoms with Crippen molar-refractivity contribution >= 4 is 29.1 Å². The number of halogens is 3. The van der Waals surface area contributed by atoms with E-state index in [-0.39, 0.29) is 33.8 Å². The van der Waals surface area contributed by atoms with Gasteiger partial charge in [-0.3, -0.25) is 9.36 Å². The van der Waals surface area contributed by atoms with E-state index in [1.807, 2.05) is 30.3 Å². The molecule has 0 spiro atoms. The first kappa shape index (κ1) is 29.9. The molecule has 1 unspecified atom stereocenters. The summed E-state index contributed by atoms with van der Waals surface area (Å²) in [5.74, 6) is 0.478. The summed E-state index contributed by atoms with van der Waals surface area (Å²) < 4.78 is 58.1. The number of aromatic nitrogens is 1. The number of methoxy groups -OCH3 is 1. The lowest BCUT2D eigenvalue weighted by Crippen LogP contribution is -2.40. The highest BCUT2D eigenvalue weighted by Gasteiger charge is 2.35. The van der Waals surface area contributed by atoms with E-state index in [1.165, 1.54) is 22.8 Å². The molecular weight excluding hydrogens is 605 g/mol. The molecule has 0 fully saturated rings. The standard InChI is InChI=1S/C34H25F3N2O5S/c1-3-43-32(41)28-29(20-8-5-4-6-9-20)38-33-39(30(28)21-12-14-24(42-2)15-13-21)31(40)27(45-33)19-25-16-17-26(44-25)22-10-7-11-23(18-22)34(35,36)37/h4-19,30H,3H2,1-2H3. The van der Waals surface area contributed by atoms with Gasteiger partial charge in [0.15, 0.2) is 4.80 Å². The second-order valence-electron chi connectivity index (χ2n) is 9.99. The van der Waals surface area contributed by atoms with E-state index < -0.39 is 29.3 Å². The highest BCUT2D eigenvalue weighted by atomic mass is 32.1. The molecular formula is C34H25F3N2O5S. The highest BCUT2D eigenvalue weighted by Crippen LogP contribution is 2.36. The number of hydrogen-bond donors (Lipinski definition) is 0. The number of rotatable bonds is 7. The lowest BCUT2D eigenvalue weighted by atomic mass is 9.93. The summed E-state index contributed by atoms with van der Waals surface area (Å²) in [6.45, 7) is 1.83. The predicted octanol–water partition coefficient (Wildman–Crippen LogP) is 6.22. The number of benzene rings is 3. The molecule has 5 aromatic rings. The van der Waals surface area contributed by atoms with Crippen LogP contribution in [0.1, 0.15) is 35.4 Å². The van der Waals surface area contributed by atoms with Crippen molar-refractivity contribution < 1.29 is 31.9 Å². The molecule has 228 valence electrons. The molecule has 3 aromatic carbocycles. The zero-order chi connectivity index (χ0) is 31.7. The molecule has 0 N–H and O–H groups in total. The van der Waals surface area contributed by atoms with Crippen LogP contribution in [0.25, 0.3) is 23.1 Å². The Labute approximate surface area is 258 Å². The molecule has 3 heterocycles. The van der Waals surface area contributed by atoms with Crippen LogP contribution in [0.2, 0.25) is 0 Å². The molecule has 0 aliphatic carbocycles. The summed E-state index contributed by atoms with van der Waals surface area (Å²) in [6, 6.07) is 23.3. The maximum atomic E-state index is 14.0. The van der Waals surface area contributed by atoms with Gasteiger partial charge in [-0.25, -0.2) is 9.79 Å². The fraction of sp³-hybridized carbons (Fsp3) is 0.147. The molecule has 7 nitrogen and oxygen atoms in total. The van der Waals surface area contributed by atoms with Crippen LogP contribution >= 0.6 is 11.3 Å². The van der Waals surface area contributed by atoms with E-state index in [4.69, 9.17) is 18.9 Å². The monoisotopic (exact) mass is 630 g/mol. The Balaban J connectivity index is 1.52. The maximum absolute atomic E-state index is 14.0. The molecule has 0 saturated carbocycles. The van der Waals surface area contributed by atoms with Gasteiger partial charge in [0.25, 0.3) is 5.56 Å². The zero-order valence-electron chi connectivity index (χ0n) is 24.0. The largest absolute Gasteiger partial charge is 0.497 e. The van der Waals surface area contributed by atoms with E-state index in [9.17, 15) is 22.8 Å². The van der Waals surface area contributed by atoms with Gasteiger partial charge in [-0.15, -0.1) is 0 Å². The Bertz CT molecular complexity index is 2090. The lowest BCUT2D eigenvalue weighted by molar-refractivity contribution is -0.139. The van der Waals surface area contributed by atoms with E-state index in [0.717, 1.165) is 23.5 Å². The van der Waals surface area contributed by atoms with Crippen molar-refractivity contribution in [3.63, 3.8) is 0 Å². The number of carbonyl (C=O) groups excluding carboxylic acids is 1. The second-order valence-corrected chi connectivity index (χ2v) is 11.0. The topological polar surface area (TPSA) is 83.0 Å². The molecule has 1 atom stereocenters. The SMILES string of the molecule is CCOC(=O)C1=C(c2ccccc2)N=c2sc(=Cc3ccc(-c4cccc(C(F)(F)F)c4)o3)c(=O)n2C1c1ccc(OC)cc1. The van der Waals surface area contributed by atoms with Crippen LogP contribution in [0.15, 0.2) is 111 Å². The van der Waals surface area contributed by atoms with Crippen molar-refractivity contribution in [2.75, 3.05) is 13.7 Å². The van der Waals surface area contributed by atoms with Gasteiger partial charge in [0.1, 0.15) is 17.3 Å². The molecule has 2 aromatic heterocycles. The Kier molecular flexibility index (Phi) is 8.03. The molecule has 6 rings (SSSR count). The van der Waals surface area contributed by atoms with Crippen LogP contribution in [-0.4, -0.2) is 24.3 Å². The van der Waals surface area contributed by atoms with Crippen LogP contribution in [-0.2, 0) is 15.7 Å². The van der Waals surface area contributed by atoms with Gasteiger partial charge < -0.3 is 13.9 Å². The quantitative estimate of drug-likeness (QED) is 0.200. The van der Waals surface area contributed by atoms with Gasteiger partial charge in [-0.05, 0) is 48.9 Å². The molecule has 0 amide bonds.